The highest BCUT2D eigenvalue weighted by atomic mass is 16.5. The highest BCUT2D eigenvalue weighted by Gasteiger charge is 2.09. The van der Waals surface area contributed by atoms with Crippen LogP contribution in [-0.2, 0) is 4.74 Å². The molecule has 1 aromatic rings. The van der Waals surface area contributed by atoms with Gasteiger partial charge in [-0.2, -0.15) is 0 Å². The number of benzene rings is 1. The van der Waals surface area contributed by atoms with Gasteiger partial charge in [-0.25, -0.2) is 0 Å². The van der Waals surface area contributed by atoms with Crippen molar-refractivity contribution in [2.45, 2.75) is 26.2 Å². The highest BCUT2D eigenvalue weighted by Crippen LogP contribution is 2.18. The summed E-state index contributed by atoms with van der Waals surface area (Å²) in [6, 6.07) is 8.75. The Bertz CT molecular complexity index is 373. The van der Waals surface area contributed by atoms with Gasteiger partial charge >= 0.3 is 0 Å². The summed E-state index contributed by atoms with van der Waals surface area (Å²) in [4.78, 5) is 2.48. The molecular weight excluding hydrogens is 236 g/mol. The minimum absolute atomic E-state index is 0.593. The van der Waals surface area contributed by atoms with Gasteiger partial charge in [-0.3, -0.25) is 4.90 Å². The van der Waals surface area contributed by atoms with Crippen LogP contribution in [-0.4, -0.2) is 44.3 Å². The molecule has 1 aromatic carbocycles. The Morgan fingerprint density at radius 3 is 2.79 bits per heavy atom. The summed E-state index contributed by atoms with van der Waals surface area (Å²) in [6.07, 6.45) is 1.19. The summed E-state index contributed by atoms with van der Waals surface area (Å²) in [5.74, 6) is 0.593. The number of morpholine rings is 1. The lowest BCUT2D eigenvalue weighted by atomic mass is 10.0. The second kappa shape index (κ2) is 7.51. The molecule has 1 saturated heterocycles. The molecule has 0 aliphatic carbocycles. The number of rotatable bonds is 6. The van der Waals surface area contributed by atoms with Crippen LogP contribution in [0.15, 0.2) is 24.3 Å². The average molecular weight is 262 g/mol. The predicted octanol–water partition coefficient (Wildman–Crippen LogP) is 2.94. The molecule has 0 amide bonds. The molecular formula is C16H26N2O. The van der Waals surface area contributed by atoms with Crippen molar-refractivity contribution in [2.24, 2.45) is 0 Å². The van der Waals surface area contributed by atoms with Crippen LogP contribution in [0.2, 0.25) is 0 Å². The van der Waals surface area contributed by atoms with Gasteiger partial charge in [0.2, 0.25) is 0 Å². The molecule has 1 fully saturated rings. The van der Waals surface area contributed by atoms with Crippen LogP contribution in [0.25, 0.3) is 0 Å². The van der Waals surface area contributed by atoms with Gasteiger partial charge in [-0.1, -0.05) is 26.0 Å². The van der Waals surface area contributed by atoms with Gasteiger partial charge in [0.15, 0.2) is 0 Å². The topological polar surface area (TPSA) is 24.5 Å². The molecule has 0 spiro atoms. The van der Waals surface area contributed by atoms with E-state index in [0.717, 1.165) is 32.8 Å². The van der Waals surface area contributed by atoms with E-state index in [9.17, 15) is 0 Å². The van der Waals surface area contributed by atoms with Crippen LogP contribution in [0.3, 0.4) is 0 Å². The van der Waals surface area contributed by atoms with Crippen molar-refractivity contribution in [1.82, 2.24) is 4.90 Å². The van der Waals surface area contributed by atoms with Crippen molar-refractivity contribution in [3.63, 3.8) is 0 Å². The van der Waals surface area contributed by atoms with Crippen molar-refractivity contribution >= 4 is 5.69 Å². The number of hydrogen-bond donors (Lipinski definition) is 1. The van der Waals surface area contributed by atoms with Crippen molar-refractivity contribution < 1.29 is 4.74 Å². The van der Waals surface area contributed by atoms with Crippen molar-refractivity contribution in [3.8, 4) is 0 Å². The quantitative estimate of drug-likeness (QED) is 0.798. The van der Waals surface area contributed by atoms with E-state index in [1.165, 1.54) is 24.2 Å². The van der Waals surface area contributed by atoms with Crippen LogP contribution in [0, 0.1) is 0 Å². The number of nitrogens with one attached hydrogen (secondary N) is 1. The maximum absolute atomic E-state index is 5.35. The van der Waals surface area contributed by atoms with Gasteiger partial charge in [0.1, 0.15) is 0 Å². The Morgan fingerprint density at radius 2 is 2.05 bits per heavy atom. The molecule has 3 heteroatoms. The normalized spacial score (nSPS) is 16.8. The summed E-state index contributed by atoms with van der Waals surface area (Å²) in [7, 11) is 0. The number of hydrogen-bond acceptors (Lipinski definition) is 3. The lowest BCUT2D eigenvalue weighted by Gasteiger charge is -2.26. The van der Waals surface area contributed by atoms with Crippen molar-refractivity contribution in [2.75, 3.05) is 44.7 Å². The van der Waals surface area contributed by atoms with Crippen LogP contribution < -0.4 is 5.32 Å². The van der Waals surface area contributed by atoms with E-state index in [1.54, 1.807) is 0 Å². The Morgan fingerprint density at radius 1 is 1.26 bits per heavy atom. The Kier molecular flexibility index (Phi) is 5.67. The zero-order valence-electron chi connectivity index (χ0n) is 12.2. The van der Waals surface area contributed by atoms with Gasteiger partial charge < -0.3 is 10.1 Å². The van der Waals surface area contributed by atoms with E-state index in [2.05, 4.69) is 48.3 Å². The van der Waals surface area contributed by atoms with E-state index in [4.69, 9.17) is 4.74 Å². The largest absolute Gasteiger partial charge is 0.385 e. The fourth-order valence-corrected chi connectivity index (χ4v) is 2.37. The molecule has 1 N–H and O–H groups in total. The lowest BCUT2D eigenvalue weighted by molar-refractivity contribution is 0.0378. The van der Waals surface area contributed by atoms with Crippen LogP contribution in [0.1, 0.15) is 31.7 Å². The molecule has 0 radical (unpaired) electrons. The fourth-order valence-electron chi connectivity index (χ4n) is 2.37. The third-order valence-corrected chi connectivity index (χ3v) is 3.64. The van der Waals surface area contributed by atoms with E-state index in [0.29, 0.717) is 5.92 Å². The molecule has 0 saturated carbocycles. The molecule has 0 aromatic heterocycles. The van der Waals surface area contributed by atoms with E-state index >= 15 is 0 Å². The van der Waals surface area contributed by atoms with Crippen molar-refractivity contribution in [1.29, 1.82) is 0 Å². The zero-order valence-corrected chi connectivity index (χ0v) is 12.2. The van der Waals surface area contributed by atoms with Crippen molar-refractivity contribution in [3.05, 3.63) is 29.8 Å². The van der Waals surface area contributed by atoms with Crippen LogP contribution in [0.5, 0.6) is 0 Å². The van der Waals surface area contributed by atoms with Gasteiger partial charge in [0.05, 0.1) is 13.2 Å². The van der Waals surface area contributed by atoms with Gasteiger partial charge in [-0.05, 0) is 36.6 Å². The highest BCUT2D eigenvalue weighted by molar-refractivity contribution is 5.46. The number of anilines is 1. The number of ether oxygens (including phenoxy) is 1. The summed E-state index contributed by atoms with van der Waals surface area (Å²) < 4.78 is 5.35. The standard InChI is InChI=1S/C16H26N2O/c1-14(2)15-5-3-6-16(13-15)17-7-4-8-18-9-11-19-12-10-18/h3,5-6,13-14,17H,4,7-12H2,1-2H3. The first-order chi connectivity index (χ1) is 9.25. The Hall–Kier alpha value is -1.06. The van der Waals surface area contributed by atoms with Crippen LogP contribution in [0.4, 0.5) is 5.69 Å². The molecule has 1 aliphatic heterocycles. The second-order valence-electron chi connectivity index (χ2n) is 5.51. The predicted molar refractivity (Wildman–Crippen MR) is 80.9 cm³/mol. The average Bonchev–Trinajstić information content (AvgIpc) is 2.45. The first kappa shape index (κ1) is 14.4. The fraction of sp³-hybridized carbons (Fsp3) is 0.625. The molecule has 19 heavy (non-hydrogen) atoms. The Balaban J connectivity index is 1.68. The lowest BCUT2D eigenvalue weighted by Crippen LogP contribution is -2.37. The first-order valence-corrected chi connectivity index (χ1v) is 7.39. The SMILES string of the molecule is CC(C)c1cccc(NCCCN2CCOCC2)c1. The first-order valence-electron chi connectivity index (χ1n) is 7.39. The molecule has 106 valence electrons. The number of nitrogens with zero attached hydrogens (tertiary/aromatic N) is 1. The van der Waals surface area contributed by atoms with Gasteiger partial charge in [0, 0.05) is 25.3 Å². The minimum atomic E-state index is 0.593. The summed E-state index contributed by atoms with van der Waals surface area (Å²) in [5, 5.41) is 3.52. The second-order valence-corrected chi connectivity index (χ2v) is 5.51. The zero-order chi connectivity index (χ0) is 13.5. The van der Waals surface area contributed by atoms with Crippen LogP contribution >= 0.6 is 0 Å². The third kappa shape index (κ3) is 4.84. The molecule has 0 atom stereocenters. The monoisotopic (exact) mass is 262 g/mol. The third-order valence-electron chi connectivity index (χ3n) is 3.64. The van der Waals surface area contributed by atoms with Gasteiger partial charge in [0.25, 0.3) is 0 Å². The molecule has 1 aliphatic rings. The minimum Gasteiger partial charge on any atom is -0.385 e. The maximum atomic E-state index is 5.35. The molecule has 3 nitrogen and oxygen atoms in total. The summed E-state index contributed by atoms with van der Waals surface area (Å²) in [5.41, 5.74) is 2.64. The van der Waals surface area contributed by atoms with E-state index < -0.39 is 0 Å². The molecule has 1 heterocycles. The van der Waals surface area contributed by atoms with E-state index in [-0.39, 0.29) is 0 Å². The molecule has 2 rings (SSSR count). The van der Waals surface area contributed by atoms with E-state index in [1.807, 2.05) is 0 Å². The molecule has 0 bridgehead atoms. The maximum Gasteiger partial charge on any atom is 0.0594 e. The molecule has 0 unspecified atom stereocenters. The van der Waals surface area contributed by atoms with Gasteiger partial charge in [-0.15, -0.1) is 0 Å². The summed E-state index contributed by atoms with van der Waals surface area (Å²) >= 11 is 0. The summed E-state index contributed by atoms with van der Waals surface area (Å²) in [6.45, 7) is 10.6. The Labute approximate surface area is 116 Å². The smallest absolute Gasteiger partial charge is 0.0594 e.